The smallest absolute Gasteiger partial charge is 0.344 e. The SMILES string of the molecule is CCOC(=O)COC(=O)C(N)Cc1ccc(O)cc1. The van der Waals surface area contributed by atoms with Crippen molar-refractivity contribution in [1.82, 2.24) is 0 Å². The van der Waals surface area contributed by atoms with E-state index < -0.39 is 24.6 Å². The molecule has 0 amide bonds. The second-order valence-corrected chi connectivity index (χ2v) is 3.89. The molecule has 6 nitrogen and oxygen atoms in total. The third-order valence-electron chi connectivity index (χ3n) is 2.33. The van der Waals surface area contributed by atoms with Crippen LogP contribution in [0, 0.1) is 0 Å². The van der Waals surface area contributed by atoms with E-state index in [1.54, 1.807) is 19.1 Å². The Morgan fingerprint density at radius 3 is 2.47 bits per heavy atom. The van der Waals surface area contributed by atoms with Gasteiger partial charge in [-0.2, -0.15) is 0 Å². The van der Waals surface area contributed by atoms with Crippen molar-refractivity contribution >= 4 is 11.9 Å². The van der Waals surface area contributed by atoms with Crippen LogP contribution in [-0.2, 0) is 25.5 Å². The van der Waals surface area contributed by atoms with E-state index in [0.717, 1.165) is 5.56 Å². The summed E-state index contributed by atoms with van der Waals surface area (Å²) in [5.74, 6) is -1.13. The summed E-state index contributed by atoms with van der Waals surface area (Å²) >= 11 is 0. The van der Waals surface area contributed by atoms with Gasteiger partial charge in [0.1, 0.15) is 11.8 Å². The van der Waals surface area contributed by atoms with Gasteiger partial charge in [-0.25, -0.2) is 4.79 Å². The van der Waals surface area contributed by atoms with E-state index in [1.807, 2.05) is 0 Å². The van der Waals surface area contributed by atoms with Gasteiger partial charge in [-0.05, 0) is 31.0 Å². The number of rotatable bonds is 6. The summed E-state index contributed by atoms with van der Waals surface area (Å²) in [5.41, 5.74) is 6.45. The summed E-state index contributed by atoms with van der Waals surface area (Å²) in [7, 11) is 0. The summed E-state index contributed by atoms with van der Waals surface area (Å²) in [6, 6.07) is 5.47. The predicted octanol–water partition coefficient (Wildman–Crippen LogP) is 0.368. The molecule has 1 aromatic rings. The molecule has 0 saturated heterocycles. The van der Waals surface area contributed by atoms with Gasteiger partial charge in [0.25, 0.3) is 0 Å². The Morgan fingerprint density at radius 2 is 1.89 bits per heavy atom. The molecule has 0 fully saturated rings. The molecule has 1 unspecified atom stereocenters. The molecule has 0 aliphatic carbocycles. The third kappa shape index (κ3) is 5.39. The van der Waals surface area contributed by atoms with Gasteiger partial charge >= 0.3 is 11.9 Å². The van der Waals surface area contributed by atoms with Crippen molar-refractivity contribution in [2.24, 2.45) is 5.73 Å². The summed E-state index contributed by atoms with van der Waals surface area (Å²) in [6.07, 6.45) is 0.266. The number of benzene rings is 1. The number of ether oxygens (including phenoxy) is 2. The van der Waals surface area contributed by atoms with Gasteiger partial charge in [-0.3, -0.25) is 4.79 Å². The molecule has 0 heterocycles. The molecule has 0 saturated carbocycles. The van der Waals surface area contributed by atoms with Crippen molar-refractivity contribution in [2.45, 2.75) is 19.4 Å². The second-order valence-electron chi connectivity index (χ2n) is 3.89. The van der Waals surface area contributed by atoms with Gasteiger partial charge in [-0.1, -0.05) is 12.1 Å². The Morgan fingerprint density at radius 1 is 1.26 bits per heavy atom. The first-order valence-electron chi connectivity index (χ1n) is 5.88. The zero-order chi connectivity index (χ0) is 14.3. The Hall–Kier alpha value is -2.08. The highest BCUT2D eigenvalue weighted by Crippen LogP contribution is 2.11. The highest BCUT2D eigenvalue weighted by molar-refractivity contribution is 5.79. The number of hydrogen-bond donors (Lipinski definition) is 2. The third-order valence-corrected chi connectivity index (χ3v) is 2.33. The van der Waals surface area contributed by atoms with Crippen molar-refractivity contribution in [3.63, 3.8) is 0 Å². The average Bonchev–Trinajstić information content (AvgIpc) is 2.39. The van der Waals surface area contributed by atoms with E-state index in [4.69, 9.17) is 15.6 Å². The van der Waals surface area contributed by atoms with Gasteiger partial charge in [0.2, 0.25) is 0 Å². The van der Waals surface area contributed by atoms with Crippen LogP contribution in [-0.4, -0.2) is 36.3 Å². The lowest BCUT2D eigenvalue weighted by atomic mass is 10.1. The molecule has 6 heteroatoms. The van der Waals surface area contributed by atoms with Gasteiger partial charge in [0, 0.05) is 0 Å². The summed E-state index contributed by atoms with van der Waals surface area (Å²) in [4.78, 5) is 22.5. The number of nitrogens with two attached hydrogens (primary N) is 1. The van der Waals surface area contributed by atoms with Gasteiger partial charge in [0.15, 0.2) is 6.61 Å². The average molecular weight is 267 g/mol. The minimum Gasteiger partial charge on any atom is -0.508 e. The molecular formula is C13H17NO5. The number of carbonyl (C=O) groups excluding carboxylic acids is 2. The minimum atomic E-state index is -0.862. The first kappa shape index (κ1) is 15.0. The van der Waals surface area contributed by atoms with Crippen molar-refractivity contribution in [1.29, 1.82) is 0 Å². The Bertz CT molecular complexity index is 429. The summed E-state index contributed by atoms with van der Waals surface area (Å²) in [6.45, 7) is 1.46. The fraction of sp³-hybridized carbons (Fsp3) is 0.385. The molecule has 0 aromatic heterocycles. The normalized spacial score (nSPS) is 11.7. The number of phenolic OH excluding ortho intramolecular Hbond substituents is 1. The van der Waals surface area contributed by atoms with E-state index in [1.165, 1.54) is 12.1 Å². The van der Waals surface area contributed by atoms with E-state index in [0.29, 0.717) is 0 Å². The van der Waals surface area contributed by atoms with Crippen LogP contribution in [0.5, 0.6) is 5.75 Å². The largest absolute Gasteiger partial charge is 0.508 e. The molecule has 104 valence electrons. The molecule has 1 aromatic carbocycles. The maximum atomic E-state index is 11.5. The van der Waals surface area contributed by atoms with Crippen LogP contribution in [0.2, 0.25) is 0 Å². The van der Waals surface area contributed by atoms with E-state index >= 15 is 0 Å². The van der Waals surface area contributed by atoms with Crippen LogP contribution in [0.25, 0.3) is 0 Å². The molecule has 1 rings (SSSR count). The highest BCUT2D eigenvalue weighted by atomic mass is 16.6. The number of hydrogen-bond acceptors (Lipinski definition) is 6. The lowest BCUT2D eigenvalue weighted by molar-refractivity contribution is -0.159. The number of phenols is 1. The van der Waals surface area contributed by atoms with Crippen LogP contribution >= 0.6 is 0 Å². The highest BCUT2D eigenvalue weighted by Gasteiger charge is 2.17. The molecule has 0 aliphatic rings. The van der Waals surface area contributed by atoms with Crippen LogP contribution in [0.15, 0.2) is 24.3 Å². The first-order chi connectivity index (χ1) is 9.02. The van der Waals surface area contributed by atoms with Gasteiger partial charge in [-0.15, -0.1) is 0 Å². The van der Waals surface area contributed by atoms with Crippen molar-refractivity contribution in [2.75, 3.05) is 13.2 Å². The van der Waals surface area contributed by atoms with Crippen LogP contribution in [0.1, 0.15) is 12.5 Å². The van der Waals surface area contributed by atoms with Crippen LogP contribution < -0.4 is 5.73 Å². The van der Waals surface area contributed by atoms with Gasteiger partial charge < -0.3 is 20.3 Å². The number of carbonyl (C=O) groups is 2. The maximum absolute atomic E-state index is 11.5. The van der Waals surface area contributed by atoms with Crippen molar-refractivity contribution in [3.8, 4) is 5.75 Å². The fourth-order valence-corrected chi connectivity index (χ4v) is 1.41. The van der Waals surface area contributed by atoms with E-state index in [2.05, 4.69) is 4.74 Å². The molecule has 3 N–H and O–H groups in total. The zero-order valence-electron chi connectivity index (χ0n) is 10.7. The molecular weight excluding hydrogens is 250 g/mol. The van der Waals surface area contributed by atoms with Crippen molar-refractivity contribution < 1.29 is 24.2 Å². The van der Waals surface area contributed by atoms with Crippen molar-refractivity contribution in [3.05, 3.63) is 29.8 Å². The van der Waals surface area contributed by atoms with E-state index in [9.17, 15) is 9.59 Å². The summed E-state index contributed by atoms with van der Waals surface area (Å²) in [5, 5.41) is 9.12. The number of aromatic hydroxyl groups is 1. The standard InChI is InChI=1S/C13H17NO5/c1-2-18-12(16)8-19-13(17)11(14)7-9-3-5-10(15)6-4-9/h3-6,11,15H,2,7-8,14H2,1H3. The molecule has 0 radical (unpaired) electrons. The van der Waals surface area contributed by atoms with Crippen LogP contribution in [0.4, 0.5) is 0 Å². The fourth-order valence-electron chi connectivity index (χ4n) is 1.41. The molecule has 0 spiro atoms. The van der Waals surface area contributed by atoms with Gasteiger partial charge in [0.05, 0.1) is 6.61 Å². The first-order valence-corrected chi connectivity index (χ1v) is 5.88. The maximum Gasteiger partial charge on any atom is 0.344 e. The summed E-state index contributed by atoms with van der Waals surface area (Å²) < 4.78 is 9.34. The Kier molecular flexibility index (Phi) is 5.81. The molecule has 1 atom stereocenters. The monoisotopic (exact) mass is 267 g/mol. The lowest BCUT2D eigenvalue weighted by Crippen LogP contribution is -2.35. The topological polar surface area (TPSA) is 98.9 Å². The quantitative estimate of drug-likeness (QED) is 0.722. The molecule has 19 heavy (non-hydrogen) atoms. The number of esters is 2. The molecule has 0 bridgehead atoms. The Labute approximate surface area is 111 Å². The molecule has 0 aliphatic heterocycles. The van der Waals surface area contributed by atoms with E-state index in [-0.39, 0.29) is 18.8 Å². The minimum absolute atomic E-state index is 0.141. The second kappa shape index (κ2) is 7.38. The zero-order valence-corrected chi connectivity index (χ0v) is 10.7. The van der Waals surface area contributed by atoms with Crippen LogP contribution in [0.3, 0.4) is 0 Å². The Balaban J connectivity index is 2.40. The predicted molar refractivity (Wildman–Crippen MR) is 67.4 cm³/mol. The lowest BCUT2D eigenvalue weighted by Gasteiger charge is -2.11.